The van der Waals surface area contributed by atoms with Crippen LogP contribution >= 0.6 is 0 Å². The van der Waals surface area contributed by atoms with Crippen LogP contribution in [0.2, 0.25) is 0 Å². The van der Waals surface area contributed by atoms with Gasteiger partial charge in [0.2, 0.25) is 0 Å². The molecule has 0 spiro atoms. The average molecular weight is 218 g/mol. The summed E-state index contributed by atoms with van der Waals surface area (Å²) in [6, 6.07) is 6.63. The number of anilines is 1. The lowest BCUT2D eigenvalue weighted by molar-refractivity contribution is 0.376. The molecule has 1 heterocycles. The van der Waals surface area contributed by atoms with E-state index in [2.05, 4.69) is 6.92 Å². The first-order chi connectivity index (χ1) is 7.74. The third-order valence-corrected chi connectivity index (χ3v) is 3.07. The Bertz CT molecular complexity index is 416. The SMILES string of the molecule is CCCC1CN(c2ccc(C#N)cc2F)C1. The van der Waals surface area contributed by atoms with Crippen LogP contribution in [0.5, 0.6) is 0 Å². The molecule has 0 bridgehead atoms. The molecule has 0 unspecified atom stereocenters. The van der Waals surface area contributed by atoms with Crippen LogP contribution in [-0.4, -0.2) is 13.1 Å². The van der Waals surface area contributed by atoms with E-state index < -0.39 is 0 Å². The van der Waals surface area contributed by atoms with Crippen molar-refractivity contribution < 1.29 is 4.39 Å². The second-order valence-electron chi connectivity index (χ2n) is 4.34. The zero-order chi connectivity index (χ0) is 11.5. The molecule has 2 nitrogen and oxygen atoms in total. The fourth-order valence-corrected chi connectivity index (χ4v) is 2.19. The number of hydrogen-bond donors (Lipinski definition) is 0. The Hall–Kier alpha value is -1.56. The Morgan fingerprint density at radius 3 is 2.81 bits per heavy atom. The summed E-state index contributed by atoms with van der Waals surface area (Å²) in [5.74, 6) is 0.425. The minimum atomic E-state index is -0.283. The number of hydrogen-bond acceptors (Lipinski definition) is 2. The molecule has 3 heteroatoms. The van der Waals surface area contributed by atoms with Crippen LogP contribution in [0.25, 0.3) is 0 Å². The highest BCUT2D eigenvalue weighted by Crippen LogP contribution is 2.29. The summed E-state index contributed by atoms with van der Waals surface area (Å²) < 4.78 is 13.6. The Balaban J connectivity index is 2.04. The first-order valence-corrected chi connectivity index (χ1v) is 5.69. The Morgan fingerprint density at radius 2 is 2.25 bits per heavy atom. The van der Waals surface area contributed by atoms with Crippen molar-refractivity contribution in [2.75, 3.05) is 18.0 Å². The van der Waals surface area contributed by atoms with Crippen molar-refractivity contribution in [3.63, 3.8) is 0 Å². The zero-order valence-electron chi connectivity index (χ0n) is 9.41. The van der Waals surface area contributed by atoms with E-state index in [9.17, 15) is 4.39 Å². The van der Waals surface area contributed by atoms with E-state index in [1.165, 1.54) is 18.9 Å². The molecule has 1 aromatic rings. The van der Waals surface area contributed by atoms with Crippen LogP contribution in [0, 0.1) is 23.1 Å². The lowest BCUT2D eigenvalue weighted by Crippen LogP contribution is -2.47. The van der Waals surface area contributed by atoms with Gasteiger partial charge < -0.3 is 4.90 Å². The molecular weight excluding hydrogens is 203 g/mol. The number of benzene rings is 1. The van der Waals surface area contributed by atoms with E-state index in [0.29, 0.717) is 17.2 Å². The summed E-state index contributed by atoms with van der Waals surface area (Å²) in [7, 11) is 0. The topological polar surface area (TPSA) is 27.0 Å². The van der Waals surface area contributed by atoms with Crippen LogP contribution < -0.4 is 4.90 Å². The van der Waals surface area contributed by atoms with Gasteiger partial charge in [-0.05, 0) is 30.5 Å². The summed E-state index contributed by atoms with van der Waals surface area (Å²) in [4.78, 5) is 2.04. The molecular formula is C13H15FN2. The highest BCUT2D eigenvalue weighted by molar-refractivity contribution is 5.52. The van der Waals surface area contributed by atoms with Crippen molar-refractivity contribution in [2.24, 2.45) is 5.92 Å². The van der Waals surface area contributed by atoms with E-state index in [-0.39, 0.29) is 5.82 Å². The largest absolute Gasteiger partial charge is 0.368 e. The third-order valence-electron chi connectivity index (χ3n) is 3.07. The van der Waals surface area contributed by atoms with Gasteiger partial charge in [-0.1, -0.05) is 13.3 Å². The number of nitrogens with zero attached hydrogens (tertiary/aromatic N) is 2. The number of rotatable bonds is 3. The van der Waals surface area contributed by atoms with Crippen molar-refractivity contribution >= 4 is 5.69 Å². The summed E-state index contributed by atoms with van der Waals surface area (Å²) in [6.45, 7) is 4.05. The highest BCUT2D eigenvalue weighted by Gasteiger charge is 2.27. The fourth-order valence-electron chi connectivity index (χ4n) is 2.19. The standard InChI is InChI=1S/C13H15FN2/c1-2-3-11-8-16(9-11)13-5-4-10(7-15)6-12(13)14/h4-6,11H,2-3,8-9H2,1H3. The second-order valence-corrected chi connectivity index (χ2v) is 4.34. The highest BCUT2D eigenvalue weighted by atomic mass is 19.1. The quantitative estimate of drug-likeness (QED) is 0.780. The molecule has 0 amide bonds. The van der Waals surface area contributed by atoms with Crippen LogP contribution in [0.1, 0.15) is 25.3 Å². The zero-order valence-corrected chi connectivity index (χ0v) is 9.41. The second kappa shape index (κ2) is 4.52. The predicted octanol–water partition coefficient (Wildman–Crippen LogP) is 2.93. The summed E-state index contributed by atoms with van der Waals surface area (Å²) in [5.41, 5.74) is 1.01. The molecule has 1 aromatic carbocycles. The van der Waals surface area contributed by atoms with E-state index in [0.717, 1.165) is 13.1 Å². The van der Waals surface area contributed by atoms with Crippen LogP contribution in [-0.2, 0) is 0 Å². The van der Waals surface area contributed by atoms with Crippen molar-refractivity contribution in [1.29, 1.82) is 5.26 Å². The maximum absolute atomic E-state index is 13.6. The lowest BCUT2D eigenvalue weighted by atomic mass is 9.94. The summed E-state index contributed by atoms with van der Waals surface area (Å²) in [5, 5.41) is 8.64. The Labute approximate surface area is 95.3 Å². The predicted molar refractivity (Wildman–Crippen MR) is 61.7 cm³/mol. The molecule has 0 radical (unpaired) electrons. The third kappa shape index (κ3) is 2.01. The van der Waals surface area contributed by atoms with E-state index in [4.69, 9.17) is 5.26 Å². The molecule has 1 aliphatic rings. The molecule has 0 aliphatic carbocycles. The van der Waals surface area contributed by atoms with Crippen molar-refractivity contribution in [2.45, 2.75) is 19.8 Å². The van der Waals surface area contributed by atoms with Crippen LogP contribution in [0.3, 0.4) is 0 Å². The van der Waals surface area contributed by atoms with Crippen molar-refractivity contribution in [3.05, 3.63) is 29.6 Å². The average Bonchev–Trinajstić information content (AvgIpc) is 2.23. The molecule has 16 heavy (non-hydrogen) atoms. The minimum Gasteiger partial charge on any atom is -0.368 e. The van der Waals surface area contributed by atoms with E-state index in [1.807, 2.05) is 11.0 Å². The van der Waals surface area contributed by atoms with Gasteiger partial charge in [0.25, 0.3) is 0 Å². The minimum absolute atomic E-state index is 0.283. The maximum Gasteiger partial charge on any atom is 0.147 e. The molecule has 0 N–H and O–H groups in total. The van der Waals surface area contributed by atoms with Gasteiger partial charge in [0.1, 0.15) is 5.82 Å². The van der Waals surface area contributed by atoms with E-state index in [1.54, 1.807) is 12.1 Å². The summed E-state index contributed by atoms with van der Waals surface area (Å²) in [6.07, 6.45) is 2.41. The van der Waals surface area contributed by atoms with Gasteiger partial charge in [-0.2, -0.15) is 5.26 Å². The smallest absolute Gasteiger partial charge is 0.147 e. The van der Waals surface area contributed by atoms with Gasteiger partial charge in [-0.25, -0.2) is 4.39 Å². The maximum atomic E-state index is 13.6. The van der Waals surface area contributed by atoms with Gasteiger partial charge in [0.15, 0.2) is 0 Å². The van der Waals surface area contributed by atoms with Crippen molar-refractivity contribution in [3.8, 4) is 6.07 Å². The lowest BCUT2D eigenvalue weighted by Gasteiger charge is -2.41. The molecule has 1 aliphatic heterocycles. The summed E-state index contributed by atoms with van der Waals surface area (Å²) >= 11 is 0. The Kier molecular flexibility index (Phi) is 3.09. The van der Waals surface area contributed by atoms with Crippen LogP contribution in [0.4, 0.5) is 10.1 Å². The van der Waals surface area contributed by atoms with Gasteiger partial charge in [0.05, 0.1) is 17.3 Å². The molecule has 2 rings (SSSR count). The monoisotopic (exact) mass is 218 g/mol. The van der Waals surface area contributed by atoms with Gasteiger partial charge in [-0.3, -0.25) is 0 Å². The first kappa shape index (κ1) is 10.9. The number of nitriles is 1. The van der Waals surface area contributed by atoms with Crippen LogP contribution in [0.15, 0.2) is 18.2 Å². The van der Waals surface area contributed by atoms with E-state index >= 15 is 0 Å². The first-order valence-electron chi connectivity index (χ1n) is 5.69. The van der Waals surface area contributed by atoms with Gasteiger partial charge in [-0.15, -0.1) is 0 Å². The molecule has 1 fully saturated rings. The molecule has 0 aromatic heterocycles. The van der Waals surface area contributed by atoms with Crippen molar-refractivity contribution in [1.82, 2.24) is 0 Å². The fraction of sp³-hybridized carbons (Fsp3) is 0.462. The number of halogens is 1. The van der Waals surface area contributed by atoms with Gasteiger partial charge in [0, 0.05) is 13.1 Å². The normalized spacial score (nSPS) is 15.7. The molecule has 1 saturated heterocycles. The van der Waals surface area contributed by atoms with Gasteiger partial charge >= 0.3 is 0 Å². The molecule has 0 saturated carbocycles. The Morgan fingerprint density at radius 1 is 1.50 bits per heavy atom. The molecule has 0 atom stereocenters. The molecule has 84 valence electrons.